The van der Waals surface area contributed by atoms with Crippen LogP contribution in [0.5, 0.6) is 17.2 Å². The second-order valence-corrected chi connectivity index (χ2v) is 4.29. The number of benzene rings is 1. The van der Waals surface area contributed by atoms with Gasteiger partial charge >= 0.3 is 5.97 Å². The van der Waals surface area contributed by atoms with Gasteiger partial charge in [0.1, 0.15) is 29.4 Å². The van der Waals surface area contributed by atoms with Gasteiger partial charge in [0.2, 0.25) is 6.79 Å². The number of hydrogen-bond acceptors (Lipinski definition) is 5. The van der Waals surface area contributed by atoms with Crippen LogP contribution in [0, 0.1) is 6.92 Å². The third-order valence-corrected chi connectivity index (χ3v) is 2.92. The largest absolute Gasteiger partial charge is 0.486 e. The van der Waals surface area contributed by atoms with E-state index in [1.165, 1.54) is 6.07 Å². The van der Waals surface area contributed by atoms with Crippen molar-refractivity contribution in [2.45, 2.75) is 13.5 Å². The maximum atomic E-state index is 10.9. The van der Waals surface area contributed by atoms with Crippen molar-refractivity contribution in [3.63, 3.8) is 0 Å². The normalized spacial score (nSPS) is 12.4. The standard InChI is InChI=1S/C14H12O6/c1-8-11(14(15)16)4-10(20-8)6-17-9-2-3-12-13(5-9)19-7-18-12/h2-5H,6-7H2,1H3,(H,15,16). The fourth-order valence-electron chi connectivity index (χ4n) is 1.95. The van der Waals surface area contributed by atoms with Gasteiger partial charge in [-0.1, -0.05) is 0 Å². The number of hydrogen-bond donors (Lipinski definition) is 1. The number of rotatable bonds is 4. The van der Waals surface area contributed by atoms with Gasteiger partial charge in [-0.15, -0.1) is 0 Å². The van der Waals surface area contributed by atoms with E-state index in [4.69, 9.17) is 23.7 Å². The van der Waals surface area contributed by atoms with Crippen LogP contribution in [0.25, 0.3) is 0 Å². The first-order valence-electron chi connectivity index (χ1n) is 5.98. The second-order valence-electron chi connectivity index (χ2n) is 4.29. The highest BCUT2D eigenvalue weighted by molar-refractivity contribution is 5.88. The average molecular weight is 276 g/mol. The van der Waals surface area contributed by atoms with Gasteiger partial charge < -0.3 is 23.7 Å². The summed E-state index contributed by atoms with van der Waals surface area (Å²) in [5.74, 6) is 1.71. The molecule has 6 heteroatoms. The highest BCUT2D eigenvalue weighted by Gasteiger charge is 2.16. The van der Waals surface area contributed by atoms with E-state index in [-0.39, 0.29) is 19.0 Å². The highest BCUT2D eigenvalue weighted by Crippen LogP contribution is 2.35. The fourth-order valence-corrected chi connectivity index (χ4v) is 1.95. The molecule has 1 aliphatic rings. The number of ether oxygens (including phenoxy) is 3. The zero-order valence-corrected chi connectivity index (χ0v) is 10.7. The lowest BCUT2D eigenvalue weighted by atomic mass is 10.2. The maximum absolute atomic E-state index is 10.9. The van der Waals surface area contributed by atoms with Crippen molar-refractivity contribution >= 4 is 5.97 Å². The van der Waals surface area contributed by atoms with E-state index in [0.29, 0.717) is 28.8 Å². The molecule has 0 unspecified atom stereocenters. The third-order valence-electron chi connectivity index (χ3n) is 2.92. The molecule has 20 heavy (non-hydrogen) atoms. The number of carbonyl (C=O) groups is 1. The number of aromatic carboxylic acids is 1. The number of aryl methyl sites for hydroxylation is 1. The van der Waals surface area contributed by atoms with E-state index in [0.717, 1.165) is 0 Å². The first-order valence-corrected chi connectivity index (χ1v) is 5.98. The zero-order chi connectivity index (χ0) is 14.1. The second kappa shape index (κ2) is 4.80. The Kier molecular flexibility index (Phi) is 2.98. The van der Waals surface area contributed by atoms with Gasteiger partial charge in [-0.2, -0.15) is 0 Å². The minimum atomic E-state index is -1.01. The number of furan rings is 1. The van der Waals surface area contributed by atoms with Gasteiger partial charge in [-0.3, -0.25) is 0 Å². The molecule has 1 aromatic carbocycles. The third kappa shape index (κ3) is 2.27. The SMILES string of the molecule is Cc1oc(COc2ccc3c(c2)OCO3)cc1C(=O)O. The van der Waals surface area contributed by atoms with Crippen LogP contribution in [0.15, 0.2) is 28.7 Å². The van der Waals surface area contributed by atoms with E-state index < -0.39 is 5.97 Å². The van der Waals surface area contributed by atoms with Crippen LogP contribution in [0.3, 0.4) is 0 Å². The summed E-state index contributed by atoms with van der Waals surface area (Å²) in [7, 11) is 0. The summed E-state index contributed by atoms with van der Waals surface area (Å²) >= 11 is 0. The Labute approximate surface area is 114 Å². The van der Waals surface area contributed by atoms with Gasteiger partial charge in [-0.25, -0.2) is 4.79 Å². The van der Waals surface area contributed by atoms with Gasteiger partial charge in [0.15, 0.2) is 11.5 Å². The molecule has 0 amide bonds. The Balaban J connectivity index is 1.70. The molecule has 2 heterocycles. The molecule has 0 saturated heterocycles. The van der Waals surface area contributed by atoms with E-state index in [2.05, 4.69) is 0 Å². The lowest BCUT2D eigenvalue weighted by Crippen LogP contribution is -1.96. The van der Waals surface area contributed by atoms with E-state index in [1.807, 2.05) is 0 Å². The van der Waals surface area contributed by atoms with Crippen LogP contribution in [0.4, 0.5) is 0 Å². The summed E-state index contributed by atoms with van der Waals surface area (Å²) in [6, 6.07) is 6.69. The summed E-state index contributed by atoms with van der Waals surface area (Å²) in [6.45, 7) is 1.96. The molecule has 1 N–H and O–H groups in total. The molecule has 104 valence electrons. The summed E-state index contributed by atoms with van der Waals surface area (Å²) in [6.07, 6.45) is 0. The molecular weight excluding hydrogens is 264 g/mol. The Morgan fingerprint density at radius 3 is 2.85 bits per heavy atom. The van der Waals surface area contributed by atoms with Crippen molar-refractivity contribution in [3.05, 3.63) is 41.3 Å². The van der Waals surface area contributed by atoms with E-state index in [9.17, 15) is 4.79 Å². The van der Waals surface area contributed by atoms with Crippen LogP contribution in [-0.2, 0) is 6.61 Å². The molecule has 0 radical (unpaired) electrons. The quantitative estimate of drug-likeness (QED) is 0.924. The Morgan fingerprint density at radius 2 is 2.10 bits per heavy atom. The molecule has 0 atom stereocenters. The molecule has 0 bridgehead atoms. The average Bonchev–Trinajstić information content (AvgIpc) is 3.01. The molecule has 0 aliphatic carbocycles. The fraction of sp³-hybridized carbons (Fsp3) is 0.214. The van der Waals surface area contributed by atoms with Crippen molar-refractivity contribution in [2.75, 3.05) is 6.79 Å². The van der Waals surface area contributed by atoms with Crippen LogP contribution in [0.1, 0.15) is 21.9 Å². The predicted molar refractivity (Wildman–Crippen MR) is 67.3 cm³/mol. The van der Waals surface area contributed by atoms with E-state index in [1.54, 1.807) is 25.1 Å². The van der Waals surface area contributed by atoms with E-state index >= 15 is 0 Å². The Hall–Kier alpha value is -2.63. The predicted octanol–water partition coefficient (Wildman–Crippen LogP) is 2.59. The Bertz CT molecular complexity index is 658. The molecule has 3 rings (SSSR count). The zero-order valence-electron chi connectivity index (χ0n) is 10.7. The van der Waals surface area contributed by atoms with Crippen LogP contribution < -0.4 is 14.2 Å². The molecule has 0 saturated carbocycles. The smallest absolute Gasteiger partial charge is 0.339 e. The highest BCUT2D eigenvalue weighted by atomic mass is 16.7. The van der Waals surface area contributed by atoms with Gasteiger partial charge in [-0.05, 0) is 25.1 Å². The monoisotopic (exact) mass is 276 g/mol. The van der Waals surface area contributed by atoms with Crippen LogP contribution in [-0.4, -0.2) is 17.9 Å². The minimum Gasteiger partial charge on any atom is -0.486 e. The number of fused-ring (bicyclic) bond motifs is 1. The lowest BCUT2D eigenvalue weighted by molar-refractivity contribution is 0.0695. The van der Waals surface area contributed by atoms with Gasteiger partial charge in [0.25, 0.3) is 0 Å². The molecular formula is C14H12O6. The summed E-state index contributed by atoms with van der Waals surface area (Å²) in [5.41, 5.74) is 0.147. The Morgan fingerprint density at radius 1 is 1.30 bits per heavy atom. The van der Waals surface area contributed by atoms with Crippen molar-refractivity contribution in [1.29, 1.82) is 0 Å². The van der Waals surface area contributed by atoms with Crippen molar-refractivity contribution in [2.24, 2.45) is 0 Å². The van der Waals surface area contributed by atoms with Crippen molar-refractivity contribution in [1.82, 2.24) is 0 Å². The summed E-state index contributed by atoms with van der Waals surface area (Å²) < 4.78 is 21.3. The minimum absolute atomic E-state index is 0.147. The molecule has 1 aromatic heterocycles. The molecule has 6 nitrogen and oxygen atoms in total. The maximum Gasteiger partial charge on any atom is 0.339 e. The van der Waals surface area contributed by atoms with Gasteiger partial charge in [0.05, 0.1) is 0 Å². The molecule has 0 spiro atoms. The van der Waals surface area contributed by atoms with Gasteiger partial charge in [0, 0.05) is 6.07 Å². The van der Waals surface area contributed by atoms with Crippen LogP contribution >= 0.6 is 0 Å². The topological polar surface area (TPSA) is 78.1 Å². The molecule has 0 fully saturated rings. The van der Waals surface area contributed by atoms with Crippen molar-refractivity contribution in [3.8, 4) is 17.2 Å². The molecule has 1 aliphatic heterocycles. The summed E-state index contributed by atoms with van der Waals surface area (Å²) in [5, 5.41) is 8.94. The van der Waals surface area contributed by atoms with Crippen molar-refractivity contribution < 1.29 is 28.5 Å². The first kappa shape index (κ1) is 12.4. The lowest BCUT2D eigenvalue weighted by Gasteiger charge is -2.04. The van der Waals surface area contributed by atoms with Crippen LogP contribution in [0.2, 0.25) is 0 Å². The molecule has 2 aromatic rings. The summed E-state index contributed by atoms with van der Waals surface area (Å²) in [4.78, 5) is 10.9. The number of carboxylic acid groups (broad SMARTS) is 1. The number of carboxylic acids is 1. The first-order chi connectivity index (χ1) is 9.63.